The zero-order valence-electron chi connectivity index (χ0n) is 13.2. The van der Waals surface area contributed by atoms with Gasteiger partial charge in [-0.15, -0.1) is 0 Å². The monoisotopic (exact) mass is 275 g/mol. The van der Waals surface area contributed by atoms with Crippen LogP contribution in [0.4, 0.5) is 11.5 Å². The molecule has 0 radical (unpaired) electrons. The van der Waals surface area contributed by atoms with Gasteiger partial charge in [-0.25, -0.2) is 4.98 Å². The summed E-state index contributed by atoms with van der Waals surface area (Å²) in [6, 6.07) is 5.10. The van der Waals surface area contributed by atoms with Crippen LogP contribution in [0.25, 0.3) is 0 Å². The van der Waals surface area contributed by atoms with Crippen molar-refractivity contribution in [3.8, 4) is 0 Å². The molecule has 2 rings (SSSR count). The Morgan fingerprint density at radius 3 is 2.75 bits per heavy atom. The van der Waals surface area contributed by atoms with E-state index in [-0.39, 0.29) is 0 Å². The zero-order valence-corrected chi connectivity index (χ0v) is 13.2. The summed E-state index contributed by atoms with van der Waals surface area (Å²) in [6.45, 7) is 8.82. The lowest BCUT2D eigenvalue weighted by Gasteiger charge is -2.32. The van der Waals surface area contributed by atoms with E-state index in [0.29, 0.717) is 0 Å². The first kappa shape index (κ1) is 15.1. The van der Waals surface area contributed by atoms with Crippen molar-refractivity contribution in [2.75, 3.05) is 23.3 Å². The van der Waals surface area contributed by atoms with Crippen molar-refractivity contribution in [3.63, 3.8) is 0 Å². The minimum Gasteiger partial charge on any atom is -0.370 e. The van der Waals surface area contributed by atoms with Gasteiger partial charge in [-0.05, 0) is 38.2 Å². The first-order valence-corrected chi connectivity index (χ1v) is 8.17. The quantitative estimate of drug-likeness (QED) is 0.803. The van der Waals surface area contributed by atoms with E-state index in [0.717, 1.165) is 30.9 Å². The fraction of sp³-hybridized carbons (Fsp3) is 0.706. The number of rotatable bonds is 7. The van der Waals surface area contributed by atoms with Crippen molar-refractivity contribution >= 4 is 11.5 Å². The minimum atomic E-state index is 0.727. The average Bonchev–Trinajstić information content (AvgIpc) is 2.93. The highest BCUT2D eigenvalue weighted by atomic mass is 15.2. The second-order valence-corrected chi connectivity index (χ2v) is 6.24. The van der Waals surface area contributed by atoms with Gasteiger partial charge in [0.1, 0.15) is 5.82 Å². The molecule has 0 unspecified atom stereocenters. The maximum Gasteiger partial charge on any atom is 0.127 e. The summed E-state index contributed by atoms with van der Waals surface area (Å²) in [6.07, 6.45) is 8.65. The van der Waals surface area contributed by atoms with Crippen LogP contribution in [0.3, 0.4) is 0 Å². The van der Waals surface area contributed by atoms with Crippen molar-refractivity contribution in [1.82, 2.24) is 4.98 Å². The van der Waals surface area contributed by atoms with Gasteiger partial charge in [0.15, 0.2) is 0 Å². The second kappa shape index (κ2) is 7.51. The van der Waals surface area contributed by atoms with Crippen LogP contribution in [0.5, 0.6) is 0 Å². The fourth-order valence-corrected chi connectivity index (χ4v) is 3.01. The second-order valence-electron chi connectivity index (χ2n) is 6.24. The molecule has 1 heterocycles. The summed E-state index contributed by atoms with van der Waals surface area (Å²) >= 11 is 0. The molecule has 1 saturated carbocycles. The Kier molecular flexibility index (Phi) is 5.69. The number of aromatic nitrogens is 1. The first-order chi connectivity index (χ1) is 9.70. The van der Waals surface area contributed by atoms with Gasteiger partial charge in [-0.1, -0.05) is 26.7 Å². The van der Waals surface area contributed by atoms with E-state index in [4.69, 9.17) is 0 Å². The Bertz CT molecular complexity index is 397. The van der Waals surface area contributed by atoms with Gasteiger partial charge in [0.2, 0.25) is 0 Å². The molecule has 3 nitrogen and oxygen atoms in total. The summed E-state index contributed by atoms with van der Waals surface area (Å²) in [7, 11) is 0. The van der Waals surface area contributed by atoms with Crippen molar-refractivity contribution in [3.05, 3.63) is 18.3 Å². The molecule has 0 bridgehead atoms. The average molecular weight is 275 g/mol. The Hall–Kier alpha value is -1.25. The largest absolute Gasteiger partial charge is 0.370 e. The lowest BCUT2D eigenvalue weighted by molar-refractivity contribution is 0.528. The van der Waals surface area contributed by atoms with E-state index in [1.54, 1.807) is 0 Å². The molecular formula is C17H29N3. The number of pyridine rings is 1. The van der Waals surface area contributed by atoms with Crippen LogP contribution in [-0.2, 0) is 0 Å². The van der Waals surface area contributed by atoms with Crippen LogP contribution in [-0.4, -0.2) is 24.1 Å². The molecule has 0 atom stereocenters. The predicted molar refractivity (Wildman–Crippen MR) is 87.5 cm³/mol. The molecule has 1 aromatic heterocycles. The molecular weight excluding hydrogens is 246 g/mol. The molecule has 0 saturated heterocycles. The Labute approximate surface area is 123 Å². The van der Waals surface area contributed by atoms with Crippen LogP contribution < -0.4 is 10.2 Å². The first-order valence-electron chi connectivity index (χ1n) is 8.17. The third-order valence-electron chi connectivity index (χ3n) is 4.15. The number of nitrogens with one attached hydrogen (secondary N) is 1. The zero-order chi connectivity index (χ0) is 14.4. The van der Waals surface area contributed by atoms with Gasteiger partial charge in [-0.3, -0.25) is 0 Å². The Morgan fingerprint density at radius 1 is 1.35 bits per heavy atom. The molecule has 0 spiro atoms. The van der Waals surface area contributed by atoms with E-state index < -0.39 is 0 Å². The highest BCUT2D eigenvalue weighted by Crippen LogP contribution is 2.29. The van der Waals surface area contributed by atoms with Gasteiger partial charge in [0.05, 0.1) is 0 Å². The highest BCUT2D eigenvalue weighted by Gasteiger charge is 2.23. The minimum absolute atomic E-state index is 0.727. The molecule has 0 amide bonds. The van der Waals surface area contributed by atoms with E-state index in [1.807, 2.05) is 6.20 Å². The number of anilines is 2. The van der Waals surface area contributed by atoms with Gasteiger partial charge < -0.3 is 10.2 Å². The topological polar surface area (TPSA) is 28.2 Å². The van der Waals surface area contributed by atoms with Crippen molar-refractivity contribution < 1.29 is 0 Å². The lowest BCUT2D eigenvalue weighted by atomic mass is 10.1. The fourth-order valence-electron chi connectivity index (χ4n) is 3.01. The van der Waals surface area contributed by atoms with E-state index in [1.165, 1.54) is 37.8 Å². The number of hydrogen-bond acceptors (Lipinski definition) is 3. The summed E-state index contributed by atoms with van der Waals surface area (Å²) < 4.78 is 0. The predicted octanol–water partition coefficient (Wildman–Crippen LogP) is 4.31. The summed E-state index contributed by atoms with van der Waals surface area (Å²) in [4.78, 5) is 7.02. The molecule has 1 fully saturated rings. The number of hydrogen-bond donors (Lipinski definition) is 1. The Balaban J connectivity index is 2.13. The molecule has 20 heavy (non-hydrogen) atoms. The maximum atomic E-state index is 4.40. The number of nitrogens with zero attached hydrogens (tertiary/aromatic N) is 2. The molecule has 3 heteroatoms. The molecule has 0 aliphatic heterocycles. The molecule has 1 aromatic rings. The Morgan fingerprint density at radius 2 is 2.10 bits per heavy atom. The van der Waals surface area contributed by atoms with Crippen LogP contribution in [0.2, 0.25) is 0 Å². The van der Waals surface area contributed by atoms with Crippen molar-refractivity contribution in [1.29, 1.82) is 0 Å². The van der Waals surface area contributed by atoms with Crippen LogP contribution in [0.1, 0.15) is 52.9 Å². The third kappa shape index (κ3) is 4.12. The normalized spacial score (nSPS) is 15.8. The van der Waals surface area contributed by atoms with Gasteiger partial charge >= 0.3 is 0 Å². The molecule has 1 aliphatic carbocycles. The molecule has 1 aliphatic rings. The smallest absolute Gasteiger partial charge is 0.127 e. The van der Waals surface area contributed by atoms with Crippen LogP contribution in [0, 0.1) is 5.92 Å². The molecule has 0 aromatic carbocycles. The molecule has 1 N–H and O–H groups in total. The van der Waals surface area contributed by atoms with Gasteiger partial charge in [-0.2, -0.15) is 0 Å². The van der Waals surface area contributed by atoms with Crippen molar-refractivity contribution in [2.24, 2.45) is 5.92 Å². The standard InChI is InChI=1S/C17H29N3/c1-4-18-17-13-16(9-11-19-17)20(12-10-14(2)3)15-7-5-6-8-15/h9,11,13-15H,4-8,10,12H2,1-3H3,(H,18,19). The summed E-state index contributed by atoms with van der Waals surface area (Å²) in [5.74, 6) is 1.76. The van der Waals surface area contributed by atoms with Crippen molar-refractivity contribution in [2.45, 2.75) is 58.9 Å². The summed E-state index contributed by atoms with van der Waals surface area (Å²) in [5, 5.41) is 3.32. The van der Waals surface area contributed by atoms with E-state index in [9.17, 15) is 0 Å². The SMILES string of the molecule is CCNc1cc(N(CCC(C)C)C2CCCC2)ccn1. The van der Waals surface area contributed by atoms with Crippen LogP contribution >= 0.6 is 0 Å². The lowest BCUT2D eigenvalue weighted by Crippen LogP contribution is -2.34. The van der Waals surface area contributed by atoms with Crippen LogP contribution in [0.15, 0.2) is 18.3 Å². The van der Waals surface area contributed by atoms with E-state index in [2.05, 4.69) is 48.1 Å². The molecule has 112 valence electrons. The maximum absolute atomic E-state index is 4.40. The van der Waals surface area contributed by atoms with E-state index >= 15 is 0 Å². The van der Waals surface area contributed by atoms with Gasteiger partial charge in [0.25, 0.3) is 0 Å². The highest BCUT2D eigenvalue weighted by molar-refractivity contribution is 5.54. The van der Waals surface area contributed by atoms with Gasteiger partial charge in [0, 0.05) is 37.1 Å². The summed E-state index contributed by atoms with van der Waals surface area (Å²) in [5.41, 5.74) is 1.34. The third-order valence-corrected chi connectivity index (χ3v) is 4.15.